The molecule has 0 saturated carbocycles. The molecule has 2 unspecified atom stereocenters. The molecule has 0 aromatic heterocycles. The van der Waals surface area contributed by atoms with Crippen molar-refractivity contribution in [3.63, 3.8) is 0 Å². The van der Waals surface area contributed by atoms with E-state index in [1.165, 1.54) is 6.92 Å². The highest BCUT2D eigenvalue weighted by Gasteiger charge is 2.46. The molecule has 1 heterocycles. The zero-order chi connectivity index (χ0) is 8.70. The van der Waals surface area contributed by atoms with Crippen molar-refractivity contribution in [2.24, 2.45) is 0 Å². The van der Waals surface area contributed by atoms with Crippen LogP contribution < -0.4 is 0 Å². The summed E-state index contributed by atoms with van der Waals surface area (Å²) in [7, 11) is -3.86. The zero-order valence-electron chi connectivity index (χ0n) is 6.20. The quantitative estimate of drug-likeness (QED) is 0.490. The summed E-state index contributed by atoms with van der Waals surface area (Å²) < 4.78 is 30.3. The molecule has 2 atom stereocenters. The third-order valence-corrected chi connectivity index (χ3v) is 2.67. The number of rotatable bonds is 0. The third-order valence-electron chi connectivity index (χ3n) is 1.60. The number of terminal acetylenes is 1. The summed E-state index contributed by atoms with van der Waals surface area (Å²) in [6.07, 6.45) is 4.43. The summed E-state index contributed by atoms with van der Waals surface area (Å²) in [6, 6.07) is 0. The fraction of sp³-hybridized carbons (Fsp3) is 0.667. The topological polar surface area (TPSA) is 52.6 Å². The molecule has 0 radical (unpaired) electrons. The smallest absolute Gasteiger partial charge is 0.241 e. The van der Waals surface area contributed by atoms with Gasteiger partial charge in [-0.05, 0) is 13.8 Å². The molecule has 1 rings (SSSR count). The Balaban J connectivity index is 3.02. The lowest BCUT2D eigenvalue weighted by molar-refractivity contribution is 0.124. The van der Waals surface area contributed by atoms with Crippen molar-refractivity contribution in [2.45, 2.75) is 25.6 Å². The summed E-state index contributed by atoms with van der Waals surface area (Å²) in [5, 5.41) is 0. The zero-order valence-corrected chi connectivity index (χ0v) is 7.01. The Morgan fingerprint density at radius 3 is 2.36 bits per heavy atom. The van der Waals surface area contributed by atoms with Gasteiger partial charge in [0.2, 0.25) is 0 Å². The average Bonchev–Trinajstić information content (AvgIpc) is 2.03. The first-order chi connectivity index (χ1) is 4.90. The molecule has 0 bridgehead atoms. The number of hydrogen-bond donors (Lipinski definition) is 0. The van der Waals surface area contributed by atoms with Crippen molar-refractivity contribution in [1.82, 2.24) is 0 Å². The predicted octanol–water partition coefficient (Wildman–Crippen LogP) is 0.0584. The van der Waals surface area contributed by atoms with Gasteiger partial charge in [-0.2, -0.15) is 8.42 Å². The first-order valence-corrected chi connectivity index (χ1v) is 4.34. The summed E-state index contributed by atoms with van der Waals surface area (Å²) in [5.74, 6) is 2.22. The Labute approximate surface area is 65.8 Å². The van der Waals surface area contributed by atoms with Gasteiger partial charge in [-0.1, -0.05) is 5.92 Å². The molecule has 1 fully saturated rings. The van der Waals surface area contributed by atoms with Crippen LogP contribution in [0.3, 0.4) is 0 Å². The summed E-state index contributed by atoms with van der Waals surface area (Å²) in [6.45, 7) is 3.03. The van der Waals surface area contributed by atoms with E-state index in [0.29, 0.717) is 0 Å². The Kier molecular flexibility index (Phi) is 1.71. The standard InChI is InChI=1S/C6H8O4S/c1-4-6(3)5(2)9-11(7,8)10-6/h1,5H,2-3H3. The van der Waals surface area contributed by atoms with Crippen LogP contribution >= 0.6 is 0 Å². The van der Waals surface area contributed by atoms with Crippen molar-refractivity contribution in [1.29, 1.82) is 0 Å². The second-order valence-corrected chi connectivity index (χ2v) is 3.66. The predicted molar refractivity (Wildman–Crippen MR) is 37.8 cm³/mol. The van der Waals surface area contributed by atoms with Crippen molar-refractivity contribution in [2.75, 3.05) is 0 Å². The van der Waals surface area contributed by atoms with Gasteiger partial charge < -0.3 is 0 Å². The second kappa shape index (κ2) is 2.21. The lowest BCUT2D eigenvalue weighted by Gasteiger charge is -2.14. The molecule has 0 amide bonds. The molecule has 1 aliphatic rings. The van der Waals surface area contributed by atoms with Crippen molar-refractivity contribution in [3.05, 3.63) is 0 Å². The molecule has 0 N–H and O–H groups in total. The molecule has 62 valence electrons. The van der Waals surface area contributed by atoms with Gasteiger partial charge >= 0.3 is 10.4 Å². The Morgan fingerprint density at radius 2 is 2.18 bits per heavy atom. The van der Waals surface area contributed by atoms with E-state index in [2.05, 4.69) is 14.3 Å². The van der Waals surface area contributed by atoms with Crippen molar-refractivity contribution < 1.29 is 16.8 Å². The van der Waals surface area contributed by atoms with Gasteiger partial charge in [0.15, 0.2) is 5.60 Å². The molecular weight excluding hydrogens is 168 g/mol. The molecule has 4 nitrogen and oxygen atoms in total. The van der Waals surface area contributed by atoms with Gasteiger partial charge in [0.1, 0.15) is 6.10 Å². The minimum atomic E-state index is -3.86. The van der Waals surface area contributed by atoms with E-state index in [-0.39, 0.29) is 0 Å². The van der Waals surface area contributed by atoms with Crippen LogP contribution in [0.4, 0.5) is 0 Å². The van der Waals surface area contributed by atoms with Gasteiger partial charge in [0.05, 0.1) is 0 Å². The molecule has 0 aliphatic carbocycles. The van der Waals surface area contributed by atoms with Gasteiger partial charge in [-0.25, -0.2) is 8.37 Å². The number of hydrogen-bond acceptors (Lipinski definition) is 4. The molecular formula is C6H8O4S. The Bertz CT molecular complexity index is 299. The highest BCUT2D eigenvalue weighted by molar-refractivity contribution is 7.82. The van der Waals surface area contributed by atoms with Gasteiger partial charge in [-0.15, -0.1) is 6.42 Å². The fourth-order valence-electron chi connectivity index (χ4n) is 0.709. The maximum atomic E-state index is 10.7. The van der Waals surface area contributed by atoms with Gasteiger partial charge in [0.25, 0.3) is 0 Å². The van der Waals surface area contributed by atoms with Crippen LogP contribution in [-0.2, 0) is 18.8 Å². The lowest BCUT2D eigenvalue weighted by Crippen LogP contribution is -2.32. The van der Waals surface area contributed by atoms with Gasteiger partial charge in [-0.3, -0.25) is 0 Å². The van der Waals surface area contributed by atoms with Crippen LogP contribution in [-0.4, -0.2) is 20.1 Å². The molecule has 0 spiro atoms. The molecule has 1 saturated heterocycles. The van der Waals surface area contributed by atoms with Crippen molar-refractivity contribution >= 4 is 10.4 Å². The van der Waals surface area contributed by atoms with Crippen LogP contribution in [0.2, 0.25) is 0 Å². The van der Waals surface area contributed by atoms with E-state index >= 15 is 0 Å². The molecule has 5 heteroatoms. The van der Waals surface area contributed by atoms with Crippen LogP contribution in [0, 0.1) is 12.3 Å². The lowest BCUT2D eigenvalue weighted by atomic mass is 10.0. The second-order valence-electron chi connectivity index (χ2n) is 2.48. The third kappa shape index (κ3) is 1.38. The first kappa shape index (κ1) is 8.53. The normalized spacial score (nSPS) is 41.7. The Morgan fingerprint density at radius 1 is 1.64 bits per heavy atom. The van der Waals surface area contributed by atoms with Gasteiger partial charge in [0, 0.05) is 0 Å². The van der Waals surface area contributed by atoms with E-state index in [4.69, 9.17) is 6.42 Å². The van der Waals surface area contributed by atoms with E-state index in [1.54, 1.807) is 6.92 Å². The average molecular weight is 176 g/mol. The Hall–Kier alpha value is -0.570. The van der Waals surface area contributed by atoms with Crippen LogP contribution in [0.15, 0.2) is 0 Å². The largest absolute Gasteiger partial charge is 0.401 e. The maximum Gasteiger partial charge on any atom is 0.401 e. The van der Waals surface area contributed by atoms with Crippen LogP contribution in [0.5, 0.6) is 0 Å². The van der Waals surface area contributed by atoms with Crippen LogP contribution in [0.1, 0.15) is 13.8 Å². The van der Waals surface area contributed by atoms with E-state index in [0.717, 1.165) is 0 Å². The van der Waals surface area contributed by atoms with Crippen LogP contribution in [0.25, 0.3) is 0 Å². The van der Waals surface area contributed by atoms with Crippen molar-refractivity contribution in [3.8, 4) is 12.3 Å². The highest BCUT2D eigenvalue weighted by Crippen LogP contribution is 2.29. The molecule has 1 aliphatic heterocycles. The first-order valence-electron chi connectivity index (χ1n) is 3.01. The molecule has 0 aromatic rings. The minimum Gasteiger partial charge on any atom is -0.241 e. The monoisotopic (exact) mass is 176 g/mol. The fourth-order valence-corrected chi connectivity index (χ4v) is 1.89. The van der Waals surface area contributed by atoms with E-state index in [1.807, 2.05) is 0 Å². The minimum absolute atomic E-state index is 0.627. The summed E-state index contributed by atoms with van der Waals surface area (Å²) >= 11 is 0. The summed E-state index contributed by atoms with van der Waals surface area (Å²) in [4.78, 5) is 0. The summed E-state index contributed by atoms with van der Waals surface area (Å²) in [5.41, 5.74) is -1.15. The molecule has 11 heavy (non-hydrogen) atoms. The SMILES string of the molecule is C#CC1(C)OS(=O)(=O)OC1C. The molecule has 0 aromatic carbocycles. The maximum absolute atomic E-state index is 10.7. The van der Waals surface area contributed by atoms with E-state index in [9.17, 15) is 8.42 Å². The van der Waals surface area contributed by atoms with E-state index < -0.39 is 22.1 Å². The highest BCUT2D eigenvalue weighted by atomic mass is 32.3.